The molecule has 0 radical (unpaired) electrons. The van der Waals surface area contributed by atoms with Crippen molar-refractivity contribution in [3.05, 3.63) is 102 Å². The topological polar surface area (TPSA) is 117 Å². The van der Waals surface area contributed by atoms with Crippen LogP contribution in [0.5, 0.6) is 0 Å². The fourth-order valence-corrected chi connectivity index (χ4v) is 5.90. The number of aryl methyl sites for hydroxylation is 1. The predicted molar refractivity (Wildman–Crippen MR) is 176 cm³/mol. The van der Waals surface area contributed by atoms with Crippen LogP contribution in [0.15, 0.2) is 84.9 Å². The minimum Gasteiger partial charge on any atom is -0.344 e. The molecule has 1 unspecified atom stereocenters. The van der Waals surface area contributed by atoms with Gasteiger partial charge in [-0.25, -0.2) is 4.79 Å². The molecule has 0 saturated heterocycles. The van der Waals surface area contributed by atoms with Gasteiger partial charge in [0, 0.05) is 31.2 Å². The second-order valence-corrected chi connectivity index (χ2v) is 12.2. The molecule has 8 heteroatoms. The lowest BCUT2D eigenvalue weighted by Crippen LogP contribution is -2.51. The Bertz CT molecular complexity index is 1660. The van der Waals surface area contributed by atoms with Crippen LogP contribution < -0.4 is 26.6 Å². The van der Waals surface area contributed by atoms with E-state index in [1.807, 2.05) is 71.6 Å². The second kappa shape index (κ2) is 13.3. The Hall–Kier alpha value is -4.69. The Morgan fingerprint density at radius 3 is 2.43 bits per heavy atom. The lowest BCUT2D eigenvalue weighted by Gasteiger charge is -2.33. The molecular formula is C36H41N5O3. The summed E-state index contributed by atoms with van der Waals surface area (Å²) < 4.78 is 0. The maximum atomic E-state index is 14.2. The van der Waals surface area contributed by atoms with Gasteiger partial charge in [-0.2, -0.15) is 0 Å². The number of nitrogens with one attached hydrogen (secondary N) is 3. The number of hydrogen-bond donors (Lipinski definition) is 4. The normalized spacial score (nSPS) is 15.2. The Labute approximate surface area is 259 Å². The number of hydrogen-bond acceptors (Lipinski definition) is 4. The SMILES string of the molecule is CNC(=O)NCc1ccccc1-c1ccc(CN2C(=O)C(NC(=O)CC(C)(C)N)CCCc3c2ccc2ccccc32)cc1. The summed E-state index contributed by atoms with van der Waals surface area (Å²) in [4.78, 5) is 40.7. The highest BCUT2D eigenvalue weighted by molar-refractivity contribution is 6.03. The summed E-state index contributed by atoms with van der Waals surface area (Å²) in [6.45, 7) is 4.37. The molecule has 5 rings (SSSR count). The van der Waals surface area contributed by atoms with E-state index in [-0.39, 0.29) is 24.3 Å². The quantitative estimate of drug-likeness (QED) is 0.219. The molecule has 4 aromatic rings. The molecule has 5 N–H and O–H groups in total. The highest BCUT2D eigenvalue weighted by Crippen LogP contribution is 2.34. The smallest absolute Gasteiger partial charge is 0.314 e. The lowest BCUT2D eigenvalue weighted by molar-refractivity contribution is -0.128. The average Bonchev–Trinajstić information content (AvgIpc) is 3.01. The van der Waals surface area contributed by atoms with Gasteiger partial charge in [0.25, 0.3) is 0 Å². The van der Waals surface area contributed by atoms with Crippen molar-refractivity contribution >= 4 is 34.3 Å². The van der Waals surface area contributed by atoms with Crippen molar-refractivity contribution in [2.24, 2.45) is 5.73 Å². The van der Waals surface area contributed by atoms with Crippen LogP contribution in [0.1, 0.15) is 49.8 Å². The molecule has 1 aliphatic heterocycles. The molecule has 1 atom stereocenters. The third-order valence-corrected chi connectivity index (χ3v) is 8.03. The van der Waals surface area contributed by atoms with Gasteiger partial charge in [-0.1, -0.05) is 78.9 Å². The zero-order chi connectivity index (χ0) is 31.3. The van der Waals surface area contributed by atoms with Crippen molar-refractivity contribution in [3.63, 3.8) is 0 Å². The van der Waals surface area contributed by atoms with Crippen LogP contribution in [0.3, 0.4) is 0 Å². The largest absolute Gasteiger partial charge is 0.344 e. The van der Waals surface area contributed by atoms with Crippen molar-refractivity contribution in [1.29, 1.82) is 0 Å². The third-order valence-electron chi connectivity index (χ3n) is 8.03. The van der Waals surface area contributed by atoms with Crippen LogP contribution in [0.25, 0.3) is 21.9 Å². The van der Waals surface area contributed by atoms with Crippen molar-refractivity contribution in [1.82, 2.24) is 16.0 Å². The zero-order valence-electron chi connectivity index (χ0n) is 25.7. The number of nitrogens with two attached hydrogens (primary N) is 1. The summed E-state index contributed by atoms with van der Waals surface area (Å²) in [6, 6.07) is 27.6. The summed E-state index contributed by atoms with van der Waals surface area (Å²) in [5, 5.41) is 10.7. The van der Waals surface area contributed by atoms with E-state index >= 15 is 0 Å². The number of amides is 4. The first-order valence-electron chi connectivity index (χ1n) is 15.2. The summed E-state index contributed by atoms with van der Waals surface area (Å²) in [5.41, 5.74) is 11.5. The Morgan fingerprint density at radius 1 is 0.955 bits per heavy atom. The van der Waals surface area contributed by atoms with E-state index in [1.54, 1.807) is 20.9 Å². The average molecular weight is 592 g/mol. The minimum absolute atomic E-state index is 0.126. The summed E-state index contributed by atoms with van der Waals surface area (Å²) in [5.74, 6) is -0.344. The molecule has 4 amide bonds. The van der Waals surface area contributed by atoms with Crippen molar-refractivity contribution in [2.45, 2.75) is 64.2 Å². The van der Waals surface area contributed by atoms with Gasteiger partial charge in [-0.05, 0) is 77.8 Å². The van der Waals surface area contributed by atoms with Crippen molar-refractivity contribution < 1.29 is 14.4 Å². The highest BCUT2D eigenvalue weighted by atomic mass is 16.2. The Balaban J connectivity index is 1.46. The van der Waals surface area contributed by atoms with E-state index in [4.69, 9.17) is 5.73 Å². The van der Waals surface area contributed by atoms with Crippen molar-refractivity contribution in [2.75, 3.05) is 11.9 Å². The molecule has 0 saturated carbocycles. The van der Waals surface area contributed by atoms with Gasteiger partial charge >= 0.3 is 6.03 Å². The monoisotopic (exact) mass is 591 g/mol. The van der Waals surface area contributed by atoms with Crippen LogP contribution >= 0.6 is 0 Å². The van der Waals surface area contributed by atoms with Crippen LogP contribution in [0, 0.1) is 0 Å². The van der Waals surface area contributed by atoms with Gasteiger partial charge in [-0.3, -0.25) is 9.59 Å². The number of urea groups is 1. The second-order valence-electron chi connectivity index (χ2n) is 12.2. The molecule has 228 valence electrons. The fourth-order valence-electron chi connectivity index (χ4n) is 5.90. The first kappa shape index (κ1) is 30.8. The lowest BCUT2D eigenvalue weighted by atomic mass is 9.93. The summed E-state index contributed by atoms with van der Waals surface area (Å²) in [6.07, 6.45) is 2.27. The van der Waals surface area contributed by atoms with Crippen molar-refractivity contribution in [3.8, 4) is 11.1 Å². The number of nitrogens with zero attached hydrogens (tertiary/aromatic N) is 1. The van der Waals surface area contributed by atoms with E-state index in [9.17, 15) is 14.4 Å². The summed E-state index contributed by atoms with van der Waals surface area (Å²) >= 11 is 0. The standard InChI is InChI=1S/C36H41N5O3/c1-36(2,37)21-33(42)40-31-14-8-13-30-29-12-7-4-9-25(29)19-20-32(30)41(34(31)43)23-24-15-17-26(18-16-24)28-11-6-5-10-27(28)22-39-35(44)38-3/h4-7,9-12,15-20,31H,8,13-14,21-23,37H2,1-3H3,(H,40,42)(H2,38,39,44). The minimum atomic E-state index is -0.668. The van der Waals surface area contributed by atoms with Gasteiger partial charge in [0.2, 0.25) is 11.8 Å². The Morgan fingerprint density at radius 2 is 1.68 bits per heavy atom. The zero-order valence-corrected chi connectivity index (χ0v) is 25.7. The van der Waals surface area contributed by atoms with Crippen LogP contribution in [-0.4, -0.2) is 36.5 Å². The molecule has 0 aliphatic carbocycles. The van der Waals surface area contributed by atoms with E-state index in [0.29, 0.717) is 19.5 Å². The molecule has 1 aliphatic rings. The molecule has 4 aromatic carbocycles. The number of rotatable bonds is 8. The number of carbonyl (C=O) groups is 3. The maximum Gasteiger partial charge on any atom is 0.314 e. The molecule has 1 heterocycles. The van der Waals surface area contributed by atoms with E-state index in [1.165, 1.54) is 0 Å². The maximum absolute atomic E-state index is 14.2. The molecular weight excluding hydrogens is 550 g/mol. The van der Waals surface area contributed by atoms with E-state index in [0.717, 1.165) is 57.1 Å². The van der Waals surface area contributed by atoms with Crippen LogP contribution in [-0.2, 0) is 29.1 Å². The number of carbonyl (C=O) groups excluding carboxylic acids is 3. The van der Waals surface area contributed by atoms with E-state index < -0.39 is 11.6 Å². The third kappa shape index (κ3) is 7.26. The predicted octanol–water partition coefficient (Wildman–Crippen LogP) is 5.42. The molecule has 44 heavy (non-hydrogen) atoms. The highest BCUT2D eigenvalue weighted by Gasteiger charge is 2.31. The summed E-state index contributed by atoms with van der Waals surface area (Å²) in [7, 11) is 1.59. The van der Waals surface area contributed by atoms with Gasteiger partial charge in [0.1, 0.15) is 6.04 Å². The molecule has 0 spiro atoms. The van der Waals surface area contributed by atoms with Crippen LogP contribution in [0.4, 0.5) is 10.5 Å². The number of fused-ring (bicyclic) bond motifs is 3. The molecule has 0 aromatic heterocycles. The van der Waals surface area contributed by atoms with Gasteiger partial charge in [0.15, 0.2) is 0 Å². The van der Waals surface area contributed by atoms with Gasteiger partial charge < -0.3 is 26.6 Å². The number of benzene rings is 4. The fraction of sp³-hybridized carbons (Fsp3) is 0.306. The number of anilines is 1. The first-order valence-corrected chi connectivity index (χ1v) is 15.2. The molecule has 0 bridgehead atoms. The van der Waals surface area contributed by atoms with E-state index in [2.05, 4.69) is 34.1 Å². The van der Waals surface area contributed by atoms with Gasteiger partial charge in [-0.15, -0.1) is 0 Å². The first-order chi connectivity index (χ1) is 21.1. The van der Waals surface area contributed by atoms with Crippen LogP contribution in [0.2, 0.25) is 0 Å². The van der Waals surface area contributed by atoms with Gasteiger partial charge in [0.05, 0.1) is 6.54 Å². The Kier molecular flexibility index (Phi) is 9.30. The molecule has 8 nitrogen and oxygen atoms in total. The molecule has 0 fully saturated rings.